The number of likely N-dealkylation sites (tertiary alicyclic amines) is 1. The molecule has 0 radical (unpaired) electrons. The lowest BCUT2D eigenvalue weighted by atomic mass is 9.81. The Morgan fingerprint density at radius 3 is 2.30 bits per heavy atom. The highest BCUT2D eigenvalue weighted by Gasteiger charge is 2.42. The number of amides is 1. The molecule has 0 bridgehead atoms. The predicted molar refractivity (Wildman–Crippen MR) is 76.3 cm³/mol. The number of ether oxygens (including phenoxy) is 2. The van der Waals surface area contributed by atoms with Gasteiger partial charge in [0, 0.05) is 6.54 Å². The lowest BCUT2D eigenvalue weighted by molar-refractivity contribution is -0.151. The third-order valence-electron chi connectivity index (χ3n) is 3.60. The molecule has 2 atom stereocenters. The van der Waals surface area contributed by atoms with E-state index in [1.807, 2.05) is 20.8 Å². The van der Waals surface area contributed by atoms with Crippen LogP contribution < -0.4 is 0 Å². The molecule has 1 aliphatic heterocycles. The summed E-state index contributed by atoms with van der Waals surface area (Å²) in [4.78, 5) is 25.9. The first-order chi connectivity index (χ1) is 9.17. The maximum Gasteiger partial charge on any atom is 0.411 e. The van der Waals surface area contributed by atoms with E-state index >= 15 is 0 Å². The minimum absolute atomic E-state index is 0.115. The highest BCUT2D eigenvalue weighted by atomic mass is 16.6. The lowest BCUT2D eigenvalue weighted by Crippen LogP contribution is -2.55. The van der Waals surface area contributed by atoms with Crippen LogP contribution in [0.4, 0.5) is 4.79 Å². The molecule has 5 heteroatoms. The first-order valence-corrected chi connectivity index (χ1v) is 7.25. The van der Waals surface area contributed by atoms with E-state index in [-0.39, 0.29) is 11.9 Å². The zero-order valence-corrected chi connectivity index (χ0v) is 13.4. The van der Waals surface area contributed by atoms with Gasteiger partial charge in [-0.1, -0.05) is 13.8 Å². The van der Waals surface area contributed by atoms with Crippen LogP contribution in [0, 0.1) is 11.8 Å². The van der Waals surface area contributed by atoms with Gasteiger partial charge in [0.25, 0.3) is 0 Å². The van der Waals surface area contributed by atoms with Crippen molar-refractivity contribution in [2.75, 3.05) is 13.7 Å². The van der Waals surface area contributed by atoms with Crippen molar-refractivity contribution in [3.05, 3.63) is 0 Å². The Balaban J connectivity index is 2.96. The minimum atomic E-state index is -0.567. The third-order valence-corrected chi connectivity index (χ3v) is 3.60. The van der Waals surface area contributed by atoms with Crippen LogP contribution in [-0.2, 0) is 14.3 Å². The van der Waals surface area contributed by atoms with Crippen molar-refractivity contribution in [2.24, 2.45) is 11.8 Å². The van der Waals surface area contributed by atoms with Gasteiger partial charge in [0.15, 0.2) is 0 Å². The molecule has 20 heavy (non-hydrogen) atoms. The molecule has 116 valence electrons. The molecule has 1 heterocycles. The molecule has 0 unspecified atom stereocenters. The Morgan fingerprint density at radius 2 is 1.85 bits per heavy atom. The lowest BCUT2D eigenvalue weighted by Gasteiger charge is -2.41. The van der Waals surface area contributed by atoms with Crippen LogP contribution in [0.3, 0.4) is 0 Å². The molecule has 0 spiro atoms. The fourth-order valence-electron chi connectivity index (χ4n) is 2.67. The number of methoxy groups -OCH3 is 1. The summed E-state index contributed by atoms with van der Waals surface area (Å²) in [5.74, 6) is 0.0716. The van der Waals surface area contributed by atoms with E-state index in [0.29, 0.717) is 12.5 Å². The van der Waals surface area contributed by atoms with Gasteiger partial charge in [-0.25, -0.2) is 9.59 Å². The second-order valence-corrected chi connectivity index (χ2v) is 6.69. The average Bonchev–Trinajstić information content (AvgIpc) is 2.34. The minimum Gasteiger partial charge on any atom is -0.467 e. The smallest absolute Gasteiger partial charge is 0.411 e. The van der Waals surface area contributed by atoms with Gasteiger partial charge in [0.2, 0.25) is 0 Å². The van der Waals surface area contributed by atoms with Crippen molar-refractivity contribution < 1.29 is 19.1 Å². The summed E-state index contributed by atoms with van der Waals surface area (Å²) >= 11 is 0. The van der Waals surface area contributed by atoms with Crippen molar-refractivity contribution in [3.8, 4) is 0 Å². The van der Waals surface area contributed by atoms with E-state index in [2.05, 4.69) is 13.8 Å². The molecule has 1 aliphatic rings. The fraction of sp³-hybridized carbons (Fsp3) is 0.867. The quantitative estimate of drug-likeness (QED) is 0.732. The van der Waals surface area contributed by atoms with Gasteiger partial charge in [0.1, 0.15) is 11.6 Å². The normalized spacial score (nSPS) is 23.6. The van der Waals surface area contributed by atoms with Crippen LogP contribution in [0.15, 0.2) is 0 Å². The second kappa shape index (κ2) is 6.46. The van der Waals surface area contributed by atoms with E-state index in [9.17, 15) is 9.59 Å². The number of hydrogen-bond donors (Lipinski definition) is 0. The number of piperidine rings is 1. The topological polar surface area (TPSA) is 55.8 Å². The van der Waals surface area contributed by atoms with Crippen LogP contribution in [0.2, 0.25) is 0 Å². The Morgan fingerprint density at radius 1 is 1.25 bits per heavy atom. The highest BCUT2D eigenvalue weighted by Crippen LogP contribution is 2.31. The summed E-state index contributed by atoms with van der Waals surface area (Å²) in [5, 5.41) is 0. The first-order valence-electron chi connectivity index (χ1n) is 7.25. The number of rotatable bonds is 2. The van der Waals surface area contributed by atoms with Gasteiger partial charge in [-0.3, -0.25) is 4.90 Å². The SMILES string of the molecule is COC(=O)[C@H]1[C@@H](C(C)C)CCCN1C(=O)OC(C)(C)C. The maximum atomic E-state index is 12.3. The van der Waals surface area contributed by atoms with E-state index in [0.717, 1.165) is 12.8 Å². The molecule has 0 aromatic heterocycles. The zero-order chi connectivity index (χ0) is 15.5. The molecule has 0 N–H and O–H groups in total. The third kappa shape index (κ3) is 4.12. The summed E-state index contributed by atoms with van der Waals surface area (Å²) in [7, 11) is 1.36. The van der Waals surface area contributed by atoms with E-state index in [4.69, 9.17) is 9.47 Å². The number of carbonyl (C=O) groups is 2. The summed E-state index contributed by atoms with van der Waals surface area (Å²) < 4.78 is 10.3. The first kappa shape index (κ1) is 16.8. The molecule has 0 saturated carbocycles. The Labute approximate surface area is 121 Å². The molecule has 0 aromatic carbocycles. The van der Waals surface area contributed by atoms with Crippen LogP contribution in [0.1, 0.15) is 47.5 Å². The molecule has 1 fully saturated rings. The number of hydrogen-bond acceptors (Lipinski definition) is 4. The highest BCUT2D eigenvalue weighted by molar-refractivity contribution is 5.82. The van der Waals surface area contributed by atoms with Crippen LogP contribution in [0.5, 0.6) is 0 Å². The monoisotopic (exact) mass is 285 g/mol. The Kier molecular flexibility index (Phi) is 5.42. The van der Waals surface area contributed by atoms with Crippen molar-refractivity contribution in [1.29, 1.82) is 0 Å². The number of esters is 1. The molecule has 1 amide bonds. The van der Waals surface area contributed by atoms with E-state index in [1.54, 1.807) is 0 Å². The fourth-order valence-corrected chi connectivity index (χ4v) is 2.67. The summed E-state index contributed by atoms with van der Waals surface area (Å²) in [6.45, 7) is 10.1. The molecule has 0 aliphatic carbocycles. The van der Waals surface area contributed by atoms with Gasteiger partial charge in [-0.2, -0.15) is 0 Å². The molecular weight excluding hydrogens is 258 g/mol. The van der Waals surface area contributed by atoms with Gasteiger partial charge in [-0.05, 0) is 45.4 Å². The van der Waals surface area contributed by atoms with Crippen LogP contribution >= 0.6 is 0 Å². The summed E-state index contributed by atoms with van der Waals surface area (Å²) in [6.07, 6.45) is 1.38. The van der Waals surface area contributed by atoms with Gasteiger partial charge in [-0.15, -0.1) is 0 Å². The van der Waals surface area contributed by atoms with Crippen molar-refractivity contribution >= 4 is 12.1 Å². The molecular formula is C15H27NO4. The van der Waals surface area contributed by atoms with Crippen LogP contribution in [0.25, 0.3) is 0 Å². The molecule has 0 aromatic rings. The van der Waals surface area contributed by atoms with Crippen molar-refractivity contribution in [3.63, 3.8) is 0 Å². The largest absolute Gasteiger partial charge is 0.467 e. The maximum absolute atomic E-state index is 12.3. The summed E-state index contributed by atoms with van der Waals surface area (Å²) in [6, 6.07) is -0.538. The van der Waals surface area contributed by atoms with Crippen LogP contribution in [-0.4, -0.2) is 42.3 Å². The summed E-state index contributed by atoms with van der Waals surface area (Å²) in [5.41, 5.74) is -0.567. The average molecular weight is 285 g/mol. The Hall–Kier alpha value is -1.26. The van der Waals surface area contributed by atoms with Crippen molar-refractivity contribution in [2.45, 2.75) is 59.1 Å². The number of carbonyl (C=O) groups excluding carboxylic acids is 2. The van der Waals surface area contributed by atoms with Crippen molar-refractivity contribution in [1.82, 2.24) is 4.90 Å². The molecule has 5 nitrogen and oxygen atoms in total. The predicted octanol–water partition coefficient (Wildman–Crippen LogP) is 2.83. The van der Waals surface area contributed by atoms with Gasteiger partial charge < -0.3 is 9.47 Å². The second-order valence-electron chi connectivity index (χ2n) is 6.69. The van der Waals surface area contributed by atoms with E-state index < -0.39 is 17.7 Å². The van der Waals surface area contributed by atoms with Gasteiger partial charge >= 0.3 is 12.1 Å². The molecule has 1 saturated heterocycles. The van der Waals surface area contributed by atoms with E-state index in [1.165, 1.54) is 12.0 Å². The Bertz CT molecular complexity index is 359. The molecule has 1 rings (SSSR count). The standard InChI is InChI=1S/C15H27NO4/c1-10(2)11-8-7-9-16(12(11)13(17)19-6)14(18)20-15(3,4)5/h10-12H,7-9H2,1-6H3/t11-,12-/m1/s1. The number of nitrogens with zero attached hydrogens (tertiary/aromatic N) is 1. The van der Waals surface area contributed by atoms with Gasteiger partial charge in [0.05, 0.1) is 7.11 Å². The zero-order valence-electron chi connectivity index (χ0n) is 13.4.